The van der Waals surface area contributed by atoms with E-state index < -0.39 is 18.1 Å². The molecule has 2 aliphatic rings. The van der Waals surface area contributed by atoms with E-state index in [0.717, 1.165) is 61.2 Å². The number of hydrogen-bond donors (Lipinski definition) is 5. The number of methoxy groups -OCH3 is 1. The second kappa shape index (κ2) is 18.9. The molecule has 1 saturated heterocycles. The monoisotopic (exact) mass is 738 g/mol. The molecule has 0 aromatic heterocycles. The van der Waals surface area contributed by atoms with Crippen molar-refractivity contribution in [1.82, 2.24) is 20.6 Å². The van der Waals surface area contributed by atoms with E-state index in [1.165, 1.54) is 0 Å². The number of aliphatic hydroxyl groups is 2. The molecule has 0 radical (unpaired) electrons. The Kier molecular flexibility index (Phi) is 15.2. The Bertz CT molecular complexity index is 1500. The zero-order valence-corrected chi connectivity index (χ0v) is 33.9. The molecule has 296 valence electrons. The van der Waals surface area contributed by atoms with Crippen molar-refractivity contribution in [3.63, 3.8) is 0 Å². The fraction of sp³-hybridized carbons (Fsp3) is 0.667. The number of nitrogens with zero attached hydrogens (tertiary/aromatic N) is 2. The van der Waals surface area contributed by atoms with Crippen molar-refractivity contribution in [2.24, 2.45) is 29.1 Å². The quantitative estimate of drug-likeness (QED) is 0.142. The molecule has 1 saturated carbocycles. The number of hydroxylamine groups is 2. The molecular formula is C42H67N5O6. The van der Waals surface area contributed by atoms with Gasteiger partial charge in [0.1, 0.15) is 17.9 Å². The summed E-state index contributed by atoms with van der Waals surface area (Å²) in [5, 5.41) is 32.3. The lowest BCUT2D eigenvalue weighted by molar-refractivity contribution is -0.182. The number of nitrogens with one attached hydrogen (secondary N) is 3. The first kappa shape index (κ1) is 42.5. The van der Waals surface area contributed by atoms with Crippen molar-refractivity contribution in [2.75, 3.05) is 52.8 Å². The van der Waals surface area contributed by atoms with E-state index in [0.29, 0.717) is 29.1 Å². The minimum atomic E-state index is -0.813. The SMILES string of the molecule is COc1c(CN2OC(CO)C(CO)C2C(=O)N[C@H]2CCC(C)(C)CC2C)cccc1-c1cc(NCC(C)C)cc(C(=O)NC(CC(C)C)CN(C)C)c1. The Labute approximate surface area is 318 Å². The first-order valence-electron chi connectivity index (χ1n) is 19.5. The van der Waals surface area contributed by atoms with Gasteiger partial charge in [-0.25, -0.2) is 0 Å². The molecule has 0 bridgehead atoms. The summed E-state index contributed by atoms with van der Waals surface area (Å²) in [6.07, 6.45) is 3.05. The van der Waals surface area contributed by atoms with Crippen LogP contribution in [0.3, 0.4) is 0 Å². The molecule has 0 spiro atoms. The minimum absolute atomic E-state index is 0.00429. The molecule has 6 atom stereocenters. The van der Waals surface area contributed by atoms with Gasteiger partial charge in [-0.15, -0.1) is 0 Å². The summed E-state index contributed by atoms with van der Waals surface area (Å²) < 4.78 is 6.08. The van der Waals surface area contributed by atoms with E-state index in [2.05, 4.69) is 69.3 Å². The van der Waals surface area contributed by atoms with Gasteiger partial charge in [0.15, 0.2) is 0 Å². The molecule has 1 aliphatic heterocycles. The first-order chi connectivity index (χ1) is 25.0. The number of anilines is 1. The van der Waals surface area contributed by atoms with Crippen LogP contribution >= 0.6 is 0 Å². The number of ether oxygens (including phenoxy) is 1. The number of likely N-dealkylation sites (N-methyl/N-ethyl adjacent to an activating group) is 1. The van der Waals surface area contributed by atoms with Crippen molar-refractivity contribution >= 4 is 17.5 Å². The topological polar surface area (TPSA) is 136 Å². The summed E-state index contributed by atoms with van der Waals surface area (Å²) in [5.74, 6) is 0.761. The number of aliphatic hydroxyl groups excluding tert-OH is 2. The van der Waals surface area contributed by atoms with Crippen LogP contribution in [0.25, 0.3) is 11.1 Å². The minimum Gasteiger partial charge on any atom is -0.496 e. The molecule has 5 unspecified atom stereocenters. The van der Waals surface area contributed by atoms with Gasteiger partial charge < -0.3 is 35.8 Å². The summed E-state index contributed by atoms with van der Waals surface area (Å²) in [5.41, 5.74) is 3.97. The van der Waals surface area contributed by atoms with Gasteiger partial charge in [0, 0.05) is 53.5 Å². The number of amides is 2. The van der Waals surface area contributed by atoms with Gasteiger partial charge in [-0.2, -0.15) is 5.06 Å². The fourth-order valence-electron chi connectivity index (χ4n) is 8.15. The summed E-state index contributed by atoms with van der Waals surface area (Å²) in [4.78, 5) is 36.2. The third-order valence-electron chi connectivity index (χ3n) is 10.7. The van der Waals surface area contributed by atoms with E-state index in [1.807, 2.05) is 50.5 Å². The highest BCUT2D eigenvalue weighted by molar-refractivity contribution is 5.97. The summed E-state index contributed by atoms with van der Waals surface area (Å²) in [6.45, 7) is 16.3. The van der Waals surface area contributed by atoms with Gasteiger partial charge in [0.25, 0.3) is 5.91 Å². The average molecular weight is 738 g/mol. The van der Waals surface area contributed by atoms with E-state index in [4.69, 9.17) is 9.57 Å². The maximum atomic E-state index is 14.0. The molecule has 1 heterocycles. The van der Waals surface area contributed by atoms with Crippen molar-refractivity contribution in [3.05, 3.63) is 47.5 Å². The second-order valence-corrected chi connectivity index (χ2v) is 17.3. The molecule has 11 nitrogen and oxygen atoms in total. The van der Waals surface area contributed by atoms with Crippen LogP contribution in [-0.2, 0) is 16.2 Å². The third kappa shape index (κ3) is 11.4. The second-order valence-electron chi connectivity index (χ2n) is 17.3. The molecule has 2 amide bonds. The third-order valence-corrected chi connectivity index (χ3v) is 10.7. The van der Waals surface area contributed by atoms with Gasteiger partial charge in [-0.05, 0) is 86.7 Å². The van der Waals surface area contributed by atoms with Crippen molar-refractivity contribution in [3.8, 4) is 16.9 Å². The van der Waals surface area contributed by atoms with Crippen LogP contribution in [0.5, 0.6) is 5.75 Å². The smallest absolute Gasteiger partial charge is 0.251 e. The average Bonchev–Trinajstić information content (AvgIpc) is 3.44. The summed E-state index contributed by atoms with van der Waals surface area (Å²) in [7, 11) is 5.64. The van der Waals surface area contributed by atoms with Crippen molar-refractivity contribution in [1.29, 1.82) is 0 Å². The Hall–Kier alpha value is -3.22. The number of para-hydroxylation sites is 1. The molecule has 2 aromatic carbocycles. The summed E-state index contributed by atoms with van der Waals surface area (Å²) >= 11 is 0. The lowest BCUT2D eigenvalue weighted by Crippen LogP contribution is -2.53. The predicted octanol–water partition coefficient (Wildman–Crippen LogP) is 5.55. The zero-order chi connectivity index (χ0) is 39.0. The highest BCUT2D eigenvalue weighted by Crippen LogP contribution is 2.40. The van der Waals surface area contributed by atoms with Crippen LogP contribution in [0.1, 0.15) is 90.1 Å². The first-order valence-corrected chi connectivity index (χ1v) is 19.5. The number of rotatable bonds is 17. The highest BCUT2D eigenvalue weighted by atomic mass is 16.7. The number of carbonyl (C=O) groups excluding carboxylic acids is 2. The Morgan fingerprint density at radius 2 is 1.81 bits per heavy atom. The standard InChI is InChI=1S/C42H67N5O6/c1-26(2)16-33(23-46(8)9)44-40(50)31-17-30(18-32(19-31)43-21-27(3)4)34-13-11-12-29(39(34)52-10)22-47-38(35(24-48)37(25-49)53-47)41(51)45-36-14-15-42(6,7)20-28(36)5/h11-13,17-19,26-28,33,35-38,43,48-49H,14-16,20-25H2,1-10H3,(H,44,50)(H,45,51)/t28?,33?,35?,36-,37?,38?/m0/s1. The maximum Gasteiger partial charge on any atom is 0.251 e. The number of hydrogen-bond acceptors (Lipinski definition) is 9. The van der Waals surface area contributed by atoms with Gasteiger partial charge in [0.05, 0.1) is 26.9 Å². The lowest BCUT2D eigenvalue weighted by atomic mass is 9.70. The van der Waals surface area contributed by atoms with Gasteiger partial charge in [-0.1, -0.05) is 66.7 Å². The van der Waals surface area contributed by atoms with Crippen LogP contribution < -0.4 is 20.7 Å². The number of carbonyl (C=O) groups is 2. The van der Waals surface area contributed by atoms with E-state index >= 15 is 0 Å². The van der Waals surface area contributed by atoms with Crippen molar-refractivity contribution < 1.29 is 29.4 Å². The molecule has 1 aliphatic carbocycles. The molecule has 5 N–H and O–H groups in total. The maximum absolute atomic E-state index is 14.0. The van der Waals surface area contributed by atoms with Crippen LogP contribution in [0.2, 0.25) is 0 Å². The molecule has 2 aromatic rings. The highest BCUT2D eigenvalue weighted by Gasteiger charge is 2.48. The van der Waals surface area contributed by atoms with Gasteiger partial charge in [-0.3, -0.25) is 14.4 Å². The Morgan fingerprint density at radius 1 is 1.08 bits per heavy atom. The molecule has 2 fully saturated rings. The van der Waals surface area contributed by atoms with E-state index in [-0.39, 0.29) is 49.1 Å². The van der Waals surface area contributed by atoms with E-state index in [1.54, 1.807) is 12.2 Å². The molecule has 11 heteroatoms. The van der Waals surface area contributed by atoms with Crippen LogP contribution in [0.4, 0.5) is 5.69 Å². The van der Waals surface area contributed by atoms with Crippen molar-refractivity contribution in [2.45, 2.75) is 105 Å². The van der Waals surface area contributed by atoms with Gasteiger partial charge in [0.2, 0.25) is 5.91 Å². The van der Waals surface area contributed by atoms with Crippen LogP contribution in [0, 0.1) is 29.1 Å². The lowest BCUT2D eigenvalue weighted by Gasteiger charge is -2.40. The van der Waals surface area contributed by atoms with Crippen LogP contribution in [0.15, 0.2) is 36.4 Å². The van der Waals surface area contributed by atoms with E-state index in [9.17, 15) is 19.8 Å². The zero-order valence-electron chi connectivity index (χ0n) is 33.9. The van der Waals surface area contributed by atoms with Gasteiger partial charge >= 0.3 is 0 Å². The number of benzene rings is 2. The molecule has 53 heavy (non-hydrogen) atoms. The molecular weight excluding hydrogens is 670 g/mol. The fourth-order valence-corrected chi connectivity index (χ4v) is 8.15. The largest absolute Gasteiger partial charge is 0.496 e. The molecule has 4 rings (SSSR count). The summed E-state index contributed by atoms with van der Waals surface area (Å²) in [6, 6.07) is 10.9. The predicted molar refractivity (Wildman–Crippen MR) is 212 cm³/mol. The normalized spacial score (nSPS) is 23.7. The Morgan fingerprint density at radius 3 is 2.42 bits per heavy atom. The Balaban J connectivity index is 1.67. The van der Waals surface area contributed by atoms with Crippen LogP contribution in [-0.4, -0.2) is 104 Å².